The molecule has 0 atom stereocenters. The lowest BCUT2D eigenvalue weighted by atomic mass is 10.1. The Kier molecular flexibility index (Phi) is 9.80. The third-order valence-electron chi connectivity index (χ3n) is 8.35. The van der Waals surface area contributed by atoms with Gasteiger partial charge >= 0.3 is 0 Å². The Balaban J connectivity index is 1.00. The fourth-order valence-electron chi connectivity index (χ4n) is 5.92. The maximum atomic E-state index is 13.5. The van der Waals surface area contributed by atoms with Crippen LogP contribution >= 0.6 is 11.8 Å². The highest BCUT2D eigenvalue weighted by molar-refractivity contribution is 8.00. The predicted octanol–water partition coefficient (Wildman–Crippen LogP) is 9.21. The number of anilines is 2. The topological polar surface area (TPSA) is 105 Å². The highest BCUT2D eigenvalue weighted by Crippen LogP contribution is 2.31. The number of hydrogen-bond acceptors (Lipinski definition) is 5. The first-order valence-corrected chi connectivity index (χ1v) is 17.5. The van der Waals surface area contributed by atoms with E-state index in [2.05, 4.69) is 45.6 Å². The summed E-state index contributed by atoms with van der Waals surface area (Å²) >= 11 is 1.39. The average Bonchev–Trinajstić information content (AvgIpc) is 3.77. The van der Waals surface area contributed by atoms with E-state index in [0.29, 0.717) is 22.8 Å². The first-order chi connectivity index (χ1) is 24.9. The summed E-state index contributed by atoms with van der Waals surface area (Å²) in [5, 5.41) is 10.9. The number of fused-ring (bicyclic) bond motifs is 3. The van der Waals surface area contributed by atoms with Crippen LogP contribution in [0.3, 0.4) is 0 Å². The number of hydrogen-bond donors (Lipinski definition) is 3. The van der Waals surface area contributed by atoms with Crippen LogP contribution < -0.4 is 16.0 Å². The molecule has 0 saturated heterocycles. The van der Waals surface area contributed by atoms with Crippen LogP contribution in [-0.4, -0.2) is 28.0 Å². The van der Waals surface area contributed by atoms with E-state index in [1.54, 1.807) is 42.5 Å². The molecule has 2 aromatic heterocycles. The molecule has 0 unspecified atom stereocenters. The van der Waals surface area contributed by atoms with E-state index < -0.39 is 11.8 Å². The van der Waals surface area contributed by atoms with Crippen molar-refractivity contribution in [2.75, 3.05) is 16.4 Å². The first kappa shape index (κ1) is 33.2. The summed E-state index contributed by atoms with van der Waals surface area (Å²) in [5.41, 5.74) is 4.91. The molecule has 3 amide bonds. The van der Waals surface area contributed by atoms with Gasteiger partial charge in [0.15, 0.2) is 0 Å². The Morgan fingerprint density at radius 3 is 2.16 bits per heavy atom. The van der Waals surface area contributed by atoms with Gasteiger partial charge in [0.2, 0.25) is 5.91 Å². The Bertz CT molecular complexity index is 2380. The number of nitrogens with one attached hydrogen (secondary N) is 3. The van der Waals surface area contributed by atoms with Crippen LogP contribution in [0.2, 0.25) is 0 Å². The Hall–Kier alpha value is -6.32. The van der Waals surface area contributed by atoms with E-state index in [4.69, 9.17) is 4.42 Å². The lowest BCUT2D eigenvalue weighted by Crippen LogP contribution is -2.30. The molecule has 0 aliphatic rings. The maximum absolute atomic E-state index is 13.5. The second-order valence-corrected chi connectivity index (χ2v) is 12.8. The molecule has 252 valence electrons. The summed E-state index contributed by atoms with van der Waals surface area (Å²) in [5.74, 6) is 0.199. The number of aromatic nitrogens is 1. The summed E-state index contributed by atoms with van der Waals surface area (Å²) in [6, 6.07) is 43.4. The second-order valence-electron chi connectivity index (χ2n) is 11.8. The van der Waals surface area contributed by atoms with Crippen LogP contribution in [-0.2, 0) is 16.1 Å². The van der Waals surface area contributed by atoms with Crippen molar-refractivity contribution in [1.82, 2.24) is 9.88 Å². The minimum atomic E-state index is -0.518. The first-order valence-electron chi connectivity index (χ1n) is 16.5. The number of amides is 3. The van der Waals surface area contributed by atoms with Gasteiger partial charge < -0.3 is 24.9 Å². The second kappa shape index (κ2) is 15.1. The Morgan fingerprint density at radius 2 is 1.39 bits per heavy atom. The van der Waals surface area contributed by atoms with Gasteiger partial charge in [-0.3, -0.25) is 14.4 Å². The zero-order valence-electron chi connectivity index (χ0n) is 27.8. The molecule has 0 spiro atoms. The van der Waals surface area contributed by atoms with Gasteiger partial charge in [-0.25, -0.2) is 0 Å². The lowest BCUT2D eigenvalue weighted by Gasteiger charge is -2.11. The van der Waals surface area contributed by atoms with Crippen LogP contribution in [0.4, 0.5) is 11.4 Å². The van der Waals surface area contributed by atoms with E-state index in [0.717, 1.165) is 39.0 Å². The molecule has 9 heteroatoms. The number of para-hydroxylation sites is 1. The van der Waals surface area contributed by atoms with Crippen LogP contribution in [0.15, 0.2) is 155 Å². The van der Waals surface area contributed by atoms with Crippen molar-refractivity contribution >= 4 is 68.7 Å². The molecular weight excluding hydrogens is 657 g/mol. The number of benzene rings is 5. The molecule has 51 heavy (non-hydrogen) atoms. The molecule has 5 aromatic carbocycles. The van der Waals surface area contributed by atoms with E-state index in [1.165, 1.54) is 23.4 Å². The third-order valence-corrected chi connectivity index (χ3v) is 9.37. The summed E-state index contributed by atoms with van der Waals surface area (Å²) in [4.78, 5) is 40.3. The smallest absolute Gasteiger partial charge is 0.272 e. The molecule has 0 saturated carbocycles. The van der Waals surface area contributed by atoms with Gasteiger partial charge in [-0.15, -0.1) is 11.8 Å². The molecule has 0 fully saturated rings. The van der Waals surface area contributed by atoms with Crippen molar-refractivity contribution < 1.29 is 18.8 Å². The van der Waals surface area contributed by atoms with Crippen molar-refractivity contribution in [2.24, 2.45) is 0 Å². The fraction of sp³-hybridized carbons (Fsp3) is 0.0714. The molecule has 2 heterocycles. The molecular formula is C42H34N4O4S. The van der Waals surface area contributed by atoms with E-state index in [-0.39, 0.29) is 17.4 Å². The highest BCUT2D eigenvalue weighted by Gasteiger charge is 2.17. The zero-order valence-corrected chi connectivity index (χ0v) is 28.6. The number of rotatable bonds is 11. The van der Waals surface area contributed by atoms with Crippen molar-refractivity contribution in [1.29, 1.82) is 0 Å². The van der Waals surface area contributed by atoms with Gasteiger partial charge in [-0.1, -0.05) is 66.7 Å². The van der Waals surface area contributed by atoms with Crippen LogP contribution in [0, 0.1) is 0 Å². The SMILES string of the molecule is CCn1c2ccccc2c2cc(NC(=O)CSc3ccc(NC(=O)/C(=C\c4ccc(-c5ccccc5)o4)NC(=O)c4ccccc4)cc3)ccc21. The summed E-state index contributed by atoms with van der Waals surface area (Å²) < 4.78 is 8.26. The number of furan rings is 1. The van der Waals surface area contributed by atoms with E-state index in [1.807, 2.05) is 78.9 Å². The standard InChI is InChI=1S/C42H34N4O4S/c1-2-46-37-16-10-9-15-34(37)35-25-31(19-23-38(35)46)43-40(47)27-51-33-21-17-30(18-22-33)44-42(49)36(45-41(48)29-13-7-4-8-14-29)26-32-20-24-39(50-32)28-11-5-3-6-12-28/h3-26H,2,27H2,1H3,(H,43,47)(H,44,49)(H,45,48)/b36-26+. The lowest BCUT2D eigenvalue weighted by molar-refractivity contribution is -0.114. The summed E-state index contributed by atoms with van der Waals surface area (Å²) in [6.07, 6.45) is 1.50. The van der Waals surface area contributed by atoms with Crippen LogP contribution in [0.5, 0.6) is 0 Å². The van der Waals surface area contributed by atoms with Crippen LogP contribution in [0.1, 0.15) is 23.0 Å². The van der Waals surface area contributed by atoms with Gasteiger partial charge in [0.25, 0.3) is 11.8 Å². The number of aryl methyl sites for hydroxylation is 1. The maximum Gasteiger partial charge on any atom is 0.272 e. The normalized spacial score (nSPS) is 11.4. The van der Waals surface area contributed by atoms with E-state index >= 15 is 0 Å². The van der Waals surface area contributed by atoms with E-state index in [9.17, 15) is 14.4 Å². The molecule has 7 aromatic rings. The molecule has 0 aliphatic heterocycles. The van der Waals surface area contributed by atoms with Crippen LogP contribution in [0.25, 0.3) is 39.2 Å². The minimum Gasteiger partial charge on any atom is -0.457 e. The van der Waals surface area contributed by atoms with Gasteiger partial charge in [0.05, 0.1) is 5.75 Å². The Morgan fingerprint density at radius 1 is 0.706 bits per heavy atom. The highest BCUT2D eigenvalue weighted by atomic mass is 32.2. The number of carbonyl (C=O) groups excluding carboxylic acids is 3. The number of thioether (sulfide) groups is 1. The number of nitrogens with zero attached hydrogens (tertiary/aromatic N) is 1. The van der Waals surface area contributed by atoms with Gasteiger partial charge in [0, 0.05) is 61.8 Å². The van der Waals surface area contributed by atoms with Crippen molar-refractivity contribution in [2.45, 2.75) is 18.4 Å². The van der Waals surface area contributed by atoms with Gasteiger partial charge in [-0.05, 0) is 79.7 Å². The zero-order chi connectivity index (χ0) is 35.2. The summed E-state index contributed by atoms with van der Waals surface area (Å²) in [7, 11) is 0. The predicted molar refractivity (Wildman–Crippen MR) is 206 cm³/mol. The van der Waals surface area contributed by atoms with Crippen molar-refractivity contribution in [3.05, 3.63) is 157 Å². The minimum absolute atomic E-state index is 0.0189. The largest absolute Gasteiger partial charge is 0.457 e. The summed E-state index contributed by atoms with van der Waals surface area (Å²) in [6.45, 7) is 2.99. The van der Waals surface area contributed by atoms with Crippen molar-refractivity contribution in [3.8, 4) is 11.3 Å². The molecule has 0 bridgehead atoms. The Labute approximate surface area is 299 Å². The quantitative estimate of drug-likeness (QED) is 0.0927. The van der Waals surface area contributed by atoms with Gasteiger partial charge in [0.1, 0.15) is 17.2 Å². The molecule has 0 aliphatic carbocycles. The van der Waals surface area contributed by atoms with Gasteiger partial charge in [-0.2, -0.15) is 0 Å². The molecule has 8 nitrogen and oxygen atoms in total. The number of carbonyl (C=O) groups is 3. The monoisotopic (exact) mass is 690 g/mol. The fourth-order valence-corrected chi connectivity index (χ4v) is 6.62. The van der Waals surface area contributed by atoms with Crippen molar-refractivity contribution in [3.63, 3.8) is 0 Å². The molecule has 0 radical (unpaired) electrons. The molecule has 7 rings (SSSR count). The third kappa shape index (κ3) is 7.64. The average molecular weight is 691 g/mol. The molecule has 3 N–H and O–H groups in total.